The van der Waals surface area contributed by atoms with Gasteiger partial charge in [0.05, 0.1) is 17.5 Å². The van der Waals surface area contributed by atoms with Gasteiger partial charge in [0.15, 0.2) is 11.6 Å². The van der Waals surface area contributed by atoms with Crippen LogP contribution in [0.1, 0.15) is 61.3 Å². The number of ether oxygens (including phenoxy) is 2. The number of hydrogen-bond donors (Lipinski definition) is 2. The largest absolute Gasteiger partial charge is 0.490 e. The smallest absolute Gasteiger partial charge is 0.255 e. The van der Waals surface area contributed by atoms with Crippen LogP contribution in [-0.4, -0.2) is 52.6 Å². The summed E-state index contributed by atoms with van der Waals surface area (Å²) >= 11 is 0. The number of anilines is 1. The predicted octanol–water partition coefficient (Wildman–Crippen LogP) is 4.06. The number of pyridine rings is 1. The van der Waals surface area contributed by atoms with E-state index in [1.165, 1.54) is 5.56 Å². The summed E-state index contributed by atoms with van der Waals surface area (Å²) in [6.07, 6.45) is 8.26. The molecule has 2 aromatic heterocycles. The molecule has 1 saturated heterocycles. The van der Waals surface area contributed by atoms with E-state index in [-0.39, 0.29) is 29.5 Å². The highest BCUT2D eigenvalue weighted by Crippen LogP contribution is 2.52. The second-order valence-electron chi connectivity index (χ2n) is 11.0. The number of carbonyl (C=O) groups excluding carboxylic acids is 1. The second-order valence-corrected chi connectivity index (χ2v) is 11.0. The molecule has 6 rings (SSSR count). The first-order valence-corrected chi connectivity index (χ1v) is 13.4. The summed E-state index contributed by atoms with van der Waals surface area (Å²) in [7, 11) is 0. The third-order valence-electron chi connectivity index (χ3n) is 7.68. The normalized spacial score (nSPS) is 19.9. The van der Waals surface area contributed by atoms with Gasteiger partial charge in [-0.15, -0.1) is 0 Å². The molecule has 9 nitrogen and oxygen atoms in total. The maximum atomic E-state index is 12.7. The molecule has 9 heteroatoms. The minimum absolute atomic E-state index is 0.0304. The number of hydrogen-bond acceptors (Lipinski definition) is 8. The maximum absolute atomic E-state index is 12.7. The Morgan fingerprint density at radius 2 is 1.95 bits per heavy atom. The van der Waals surface area contributed by atoms with Gasteiger partial charge >= 0.3 is 0 Å². The summed E-state index contributed by atoms with van der Waals surface area (Å²) in [5, 5.41) is 6.45. The number of nitrogens with one attached hydrogen (secondary N) is 2. The fourth-order valence-electron chi connectivity index (χ4n) is 5.93. The number of fused-ring (bicyclic) bond motifs is 1. The first-order valence-electron chi connectivity index (χ1n) is 13.4. The van der Waals surface area contributed by atoms with Gasteiger partial charge in [0.1, 0.15) is 23.9 Å². The third kappa shape index (κ3) is 4.67. The molecule has 3 aliphatic rings. The van der Waals surface area contributed by atoms with Gasteiger partial charge < -0.3 is 25.0 Å². The Kier molecular flexibility index (Phi) is 6.39. The first kappa shape index (κ1) is 24.6. The molecule has 1 amide bonds. The van der Waals surface area contributed by atoms with E-state index in [4.69, 9.17) is 9.47 Å². The Balaban J connectivity index is 1.10. The Morgan fingerprint density at radius 3 is 2.76 bits per heavy atom. The molecule has 1 atom stereocenters. The van der Waals surface area contributed by atoms with Crippen molar-refractivity contribution in [1.29, 1.82) is 0 Å². The van der Waals surface area contributed by atoms with Crippen molar-refractivity contribution in [1.82, 2.24) is 25.6 Å². The van der Waals surface area contributed by atoms with Crippen LogP contribution >= 0.6 is 0 Å². The highest BCUT2D eigenvalue weighted by molar-refractivity contribution is 5.97. The lowest BCUT2D eigenvalue weighted by atomic mass is 9.61. The van der Waals surface area contributed by atoms with Crippen LogP contribution in [-0.2, 0) is 6.42 Å². The van der Waals surface area contributed by atoms with Crippen LogP contribution in [0.2, 0.25) is 0 Å². The number of amides is 1. The predicted molar refractivity (Wildman–Crippen MR) is 144 cm³/mol. The van der Waals surface area contributed by atoms with Crippen LogP contribution in [0.3, 0.4) is 0 Å². The third-order valence-corrected chi connectivity index (χ3v) is 7.68. The zero-order chi connectivity index (χ0) is 26.3. The van der Waals surface area contributed by atoms with Gasteiger partial charge in [-0.1, -0.05) is 12.1 Å². The van der Waals surface area contributed by atoms with E-state index in [0.29, 0.717) is 17.1 Å². The van der Waals surface area contributed by atoms with E-state index in [9.17, 15) is 4.79 Å². The molecule has 1 aromatic carbocycles. The highest BCUT2D eigenvalue weighted by atomic mass is 16.5. The molecule has 0 radical (unpaired) electrons. The van der Waals surface area contributed by atoms with Crippen molar-refractivity contribution in [3.63, 3.8) is 0 Å². The van der Waals surface area contributed by atoms with Crippen LogP contribution in [0, 0.1) is 5.41 Å². The van der Waals surface area contributed by atoms with Crippen molar-refractivity contribution < 1.29 is 14.3 Å². The number of aromatic nitrogens is 3. The SMILES string of the molecule is CC(C)NC(=O)c1ccccc1Oc1cncnc1N1CC2(CC(Oc3ccnc4c3C(C)NCC4)C2)C1. The summed E-state index contributed by atoms with van der Waals surface area (Å²) in [6.45, 7) is 8.78. The Bertz CT molecular complexity index is 1330. The van der Waals surface area contributed by atoms with Crippen LogP contribution in [0.5, 0.6) is 17.2 Å². The number of benzene rings is 1. The van der Waals surface area contributed by atoms with Crippen LogP contribution in [0.25, 0.3) is 0 Å². The molecule has 1 aliphatic carbocycles. The topological polar surface area (TPSA) is 102 Å². The van der Waals surface area contributed by atoms with E-state index < -0.39 is 0 Å². The van der Waals surface area contributed by atoms with E-state index in [1.807, 2.05) is 38.2 Å². The number of para-hydroxylation sites is 1. The molecule has 1 unspecified atom stereocenters. The van der Waals surface area contributed by atoms with Gasteiger partial charge in [0, 0.05) is 55.3 Å². The highest BCUT2D eigenvalue weighted by Gasteiger charge is 2.54. The summed E-state index contributed by atoms with van der Waals surface area (Å²) in [5.41, 5.74) is 3.08. The molecule has 2 N–H and O–H groups in total. The summed E-state index contributed by atoms with van der Waals surface area (Å²) in [5.74, 6) is 2.58. The number of carbonyl (C=O) groups is 1. The van der Waals surface area contributed by atoms with Gasteiger partial charge in [-0.3, -0.25) is 9.78 Å². The van der Waals surface area contributed by atoms with Crippen molar-refractivity contribution >= 4 is 11.7 Å². The average Bonchev–Trinajstić information content (AvgIpc) is 2.85. The molecule has 3 aromatic rings. The minimum atomic E-state index is -0.168. The maximum Gasteiger partial charge on any atom is 0.255 e. The molecular formula is C29H34N6O3. The summed E-state index contributed by atoms with van der Waals surface area (Å²) in [4.78, 5) is 28.2. The van der Waals surface area contributed by atoms with Gasteiger partial charge in [0.2, 0.25) is 0 Å². The lowest BCUT2D eigenvalue weighted by molar-refractivity contribution is -0.0351. The van der Waals surface area contributed by atoms with E-state index in [1.54, 1.807) is 24.7 Å². The van der Waals surface area contributed by atoms with Gasteiger partial charge in [-0.2, -0.15) is 0 Å². The molecule has 2 aliphatic heterocycles. The fraction of sp³-hybridized carbons (Fsp3) is 0.448. The standard InChI is InChI=1S/C29H34N6O3/c1-18(2)34-28(36)21-6-4-5-7-23(21)38-25-14-30-17-33-27(25)35-15-29(16-35)12-20(13-29)37-24-9-11-32-22-8-10-31-19(3)26(22)24/h4-7,9,11,14,17-20,31H,8,10,12-13,15-16H2,1-3H3,(H,34,36). The molecule has 0 bridgehead atoms. The van der Waals surface area contributed by atoms with Gasteiger partial charge in [-0.05, 0) is 51.8 Å². The average molecular weight is 515 g/mol. The van der Waals surface area contributed by atoms with Gasteiger partial charge in [-0.25, -0.2) is 9.97 Å². The Labute approximate surface area is 223 Å². The van der Waals surface area contributed by atoms with E-state index in [2.05, 4.69) is 37.4 Å². The number of nitrogens with zero attached hydrogens (tertiary/aromatic N) is 4. The second kappa shape index (κ2) is 9.87. The lowest BCUT2D eigenvalue weighted by Crippen LogP contribution is -2.65. The van der Waals surface area contributed by atoms with E-state index in [0.717, 1.165) is 56.2 Å². The lowest BCUT2D eigenvalue weighted by Gasteiger charge is -2.59. The molecule has 4 heterocycles. The van der Waals surface area contributed by atoms with Crippen LogP contribution in [0.15, 0.2) is 49.1 Å². The van der Waals surface area contributed by atoms with Crippen molar-refractivity contribution in [2.24, 2.45) is 5.41 Å². The molecule has 198 valence electrons. The minimum Gasteiger partial charge on any atom is -0.490 e. The summed E-state index contributed by atoms with van der Waals surface area (Å²) in [6, 6.07) is 9.54. The molecule has 38 heavy (non-hydrogen) atoms. The summed E-state index contributed by atoms with van der Waals surface area (Å²) < 4.78 is 12.7. The zero-order valence-corrected chi connectivity index (χ0v) is 22.1. The molecule has 1 saturated carbocycles. The first-order chi connectivity index (χ1) is 18.4. The van der Waals surface area contributed by atoms with Gasteiger partial charge in [0.25, 0.3) is 5.91 Å². The van der Waals surface area contributed by atoms with Crippen molar-refractivity contribution in [2.45, 2.75) is 58.2 Å². The van der Waals surface area contributed by atoms with Crippen LogP contribution < -0.4 is 25.0 Å². The van der Waals surface area contributed by atoms with E-state index >= 15 is 0 Å². The quantitative estimate of drug-likeness (QED) is 0.487. The van der Waals surface area contributed by atoms with Crippen molar-refractivity contribution in [3.8, 4) is 17.2 Å². The Hall–Kier alpha value is -3.72. The zero-order valence-electron chi connectivity index (χ0n) is 22.1. The molecular weight excluding hydrogens is 480 g/mol. The van der Waals surface area contributed by atoms with Crippen LogP contribution in [0.4, 0.5) is 5.82 Å². The van der Waals surface area contributed by atoms with Crippen molar-refractivity contribution in [2.75, 3.05) is 24.5 Å². The Morgan fingerprint density at radius 1 is 1.13 bits per heavy atom. The number of rotatable bonds is 7. The molecule has 2 fully saturated rings. The monoisotopic (exact) mass is 514 g/mol. The van der Waals surface area contributed by atoms with Crippen molar-refractivity contribution in [3.05, 3.63) is 65.9 Å². The molecule has 1 spiro atoms. The fourth-order valence-corrected chi connectivity index (χ4v) is 5.93.